The molecule has 1 saturated heterocycles. The number of thiazole rings is 1. The zero-order valence-electron chi connectivity index (χ0n) is 8.56. The molecule has 15 heavy (non-hydrogen) atoms. The zero-order chi connectivity index (χ0) is 10.7. The van der Waals surface area contributed by atoms with E-state index in [2.05, 4.69) is 11.6 Å². The fourth-order valence-corrected chi connectivity index (χ4v) is 2.38. The van der Waals surface area contributed by atoms with Crippen molar-refractivity contribution in [1.29, 1.82) is 0 Å². The molecule has 0 aromatic carbocycles. The number of hydrogen-bond acceptors (Lipinski definition) is 3. The van der Waals surface area contributed by atoms with Gasteiger partial charge in [0.1, 0.15) is 0 Å². The first-order valence-electron chi connectivity index (χ1n) is 5.07. The molecule has 0 saturated carbocycles. The first-order chi connectivity index (χ1) is 7.29. The molecule has 0 N–H and O–H groups in total. The molecule has 1 fully saturated rings. The van der Waals surface area contributed by atoms with Gasteiger partial charge in [-0.05, 0) is 0 Å². The van der Waals surface area contributed by atoms with Gasteiger partial charge in [-0.1, -0.05) is 6.08 Å². The monoisotopic (exact) mass is 222 g/mol. The van der Waals surface area contributed by atoms with Crippen molar-refractivity contribution in [1.82, 2.24) is 9.88 Å². The highest BCUT2D eigenvalue weighted by Gasteiger charge is 2.26. The van der Waals surface area contributed by atoms with Gasteiger partial charge >= 0.3 is 0 Å². The van der Waals surface area contributed by atoms with Crippen LogP contribution in [0.5, 0.6) is 0 Å². The largest absolute Gasteiger partial charge is 0.342 e. The maximum Gasteiger partial charge on any atom is 0.223 e. The summed E-state index contributed by atoms with van der Waals surface area (Å²) in [5.74, 6) is 0.586. The Labute approximate surface area is 93.4 Å². The van der Waals surface area contributed by atoms with Gasteiger partial charge in [0.25, 0.3) is 0 Å². The van der Waals surface area contributed by atoms with Crippen molar-refractivity contribution in [2.45, 2.75) is 12.8 Å². The molecule has 1 aliphatic heterocycles. The summed E-state index contributed by atoms with van der Waals surface area (Å²) in [6.07, 6.45) is 3.36. The van der Waals surface area contributed by atoms with Gasteiger partial charge in [-0.15, -0.1) is 17.9 Å². The van der Waals surface area contributed by atoms with Gasteiger partial charge in [-0.2, -0.15) is 0 Å². The standard InChI is InChI=1S/C11H14N2OS/c1-2-9-5-11(14)13(6-9)4-3-10-7-15-8-12-10/h2,7-9H,1,3-6H2. The van der Waals surface area contributed by atoms with E-state index in [1.54, 1.807) is 11.3 Å². The molecular formula is C11H14N2OS. The van der Waals surface area contributed by atoms with Gasteiger partial charge in [-0.25, -0.2) is 4.98 Å². The summed E-state index contributed by atoms with van der Waals surface area (Å²) in [5, 5.41) is 2.03. The smallest absolute Gasteiger partial charge is 0.223 e. The van der Waals surface area contributed by atoms with Crippen molar-refractivity contribution in [3.8, 4) is 0 Å². The van der Waals surface area contributed by atoms with Crippen molar-refractivity contribution >= 4 is 17.2 Å². The molecule has 1 aliphatic rings. The summed E-state index contributed by atoms with van der Waals surface area (Å²) in [6, 6.07) is 0. The van der Waals surface area contributed by atoms with Crippen molar-refractivity contribution in [3.05, 3.63) is 29.2 Å². The lowest BCUT2D eigenvalue weighted by Crippen LogP contribution is -2.27. The van der Waals surface area contributed by atoms with E-state index in [0.717, 1.165) is 25.2 Å². The number of carbonyl (C=O) groups excluding carboxylic acids is 1. The van der Waals surface area contributed by atoms with Gasteiger partial charge in [0.05, 0.1) is 11.2 Å². The fourth-order valence-electron chi connectivity index (χ4n) is 1.79. The number of rotatable bonds is 4. The Balaban J connectivity index is 1.85. The van der Waals surface area contributed by atoms with Gasteiger partial charge < -0.3 is 4.90 Å². The number of likely N-dealkylation sites (tertiary alicyclic amines) is 1. The molecule has 2 heterocycles. The Morgan fingerprint density at radius 2 is 2.60 bits per heavy atom. The molecule has 1 atom stereocenters. The summed E-state index contributed by atoms with van der Waals surface area (Å²) in [7, 11) is 0. The number of hydrogen-bond donors (Lipinski definition) is 0. The fraction of sp³-hybridized carbons (Fsp3) is 0.455. The van der Waals surface area contributed by atoms with E-state index in [1.807, 2.05) is 21.9 Å². The number of nitrogens with zero attached hydrogens (tertiary/aromatic N) is 2. The van der Waals surface area contributed by atoms with Crippen LogP contribution in [-0.2, 0) is 11.2 Å². The Bertz CT molecular complexity index is 347. The van der Waals surface area contributed by atoms with E-state index in [4.69, 9.17) is 0 Å². The molecule has 0 aliphatic carbocycles. The second-order valence-corrected chi connectivity index (χ2v) is 4.49. The quantitative estimate of drug-likeness (QED) is 0.727. The maximum absolute atomic E-state index is 11.6. The molecule has 1 aromatic rings. The summed E-state index contributed by atoms with van der Waals surface area (Å²) >= 11 is 1.60. The van der Waals surface area contributed by atoms with E-state index in [9.17, 15) is 4.79 Å². The average molecular weight is 222 g/mol. The van der Waals surface area contributed by atoms with E-state index in [0.29, 0.717) is 12.3 Å². The summed E-state index contributed by atoms with van der Waals surface area (Å²) < 4.78 is 0. The molecule has 1 unspecified atom stereocenters. The van der Waals surface area contributed by atoms with Gasteiger partial charge in [0, 0.05) is 37.2 Å². The first-order valence-corrected chi connectivity index (χ1v) is 6.01. The van der Waals surface area contributed by atoms with Crippen LogP contribution >= 0.6 is 11.3 Å². The third kappa shape index (κ3) is 2.45. The summed E-state index contributed by atoms with van der Waals surface area (Å²) in [6.45, 7) is 5.34. The van der Waals surface area contributed by atoms with E-state index < -0.39 is 0 Å². The normalized spacial score (nSPS) is 20.9. The van der Waals surface area contributed by atoms with Crippen molar-refractivity contribution in [3.63, 3.8) is 0 Å². The second-order valence-electron chi connectivity index (χ2n) is 3.77. The van der Waals surface area contributed by atoms with E-state index >= 15 is 0 Å². The minimum absolute atomic E-state index is 0.245. The highest BCUT2D eigenvalue weighted by Crippen LogP contribution is 2.18. The second kappa shape index (κ2) is 4.57. The molecular weight excluding hydrogens is 208 g/mol. The van der Waals surface area contributed by atoms with Gasteiger partial charge in [0.15, 0.2) is 0 Å². The van der Waals surface area contributed by atoms with Crippen LogP contribution in [0.3, 0.4) is 0 Å². The highest BCUT2D eigenvalue weighted by atomic mass is 32.1. The van der Waals surface area contributed by atoms with Crippen LogP contribution in [0.25, 0.3) is 0 Å². The van der Waals surface area contributed by atoms with Crippen LogP contribution in [0.4, 0.5) is 0 Å². The van der Waals surface area contributed by atoms with Crippen LogP contribution < -0.4 is 0 Å². The molecule has 0 spiro atoms. The van der Waals surface area contributed by atoms with E-state index in [-0.39, 0.29) is 5.91 Å². The zero-order valence-corrected chi connectivity index (χ0v) is 9.37. The molecule has 1 amide bonds. The minimum atomic E-state index is 0.245. The summed E-state index contributed by atoms with van der Waals surface area (Å²) in [5.41, 5.74) is 2.91. The Kier molecular flexibility index (Phi) is 3.16. The third-order valence-corrected chi connectivity index (χ3v) is 3.33. The van der Waals surface area contributed by atoms with Crippen LogP contribution in [-0.4, -0.2) is 28.9 Å². The molecule has 1 aromatic heterocycles. The lowest BCUT2D eigenvalue weighted by Gasteiger charge is -2.14. The Morgan fingerprint density at radius 1 is 1.73 bits per heavy atom. The van der Waals surface area contributed by atoms with Gasteiger partial charge in [0.2, 0.25) is 5.91 Å². The van der Waals surface area contributed by atoms with Crippen LogP contribution in [0, 0.1) is 5.92 Å². The number of amides is 1. The Hall–Kier alpha value is -1.16. The predicted octanol–water partition coefficient (Wildman–Crippen LogP) is 1.72. The van der Waals surface area contributed by atoms with Gasteiger partial charge in [-0.3, -0.25) is 4.79 Å². The third-order valence-electron chi connectivity index (χ3n) is 2.70. The lowest BCUT2D eigenvalue weighted by molar-refractivity contribution is -0.127. The number of carbonyl (C=O) groups is 1. The molecule has 2 rings (SSSR count). The average Bonchev–Trinajstić information content (AvgIpc) is 2.84. The van der Waals surface area contributed by atoms with Crippen molar-refractivity contribution in [2.24, 2.45) is 5.92 Å². The Morgan fingerprint density at radius 3 is 3.20 bits per heavy atom. The highest BCUT2D eigenvalue weighted by molar-refractivity contribution is 7.07. The topological polar surface area (TPSA) is 33.2 Å². The maximum atomic E-state index is 11.6. The van der Waals surface area contributed by atoms with Crippen LogP contribution in [0.15, 0.2) is 23.5 Å². The molecule has 80 valence electrons. The first kappa shape index (κ1) is 10.4. The lowest BCUT2D eigenvalue weighted by atomic mass is 10.1. The summed E-state index contributed by atoms with van der Waals surface area (Å²) in [4.78, 5) is 17.7. The van der Waals surface area contributed by atoms with Crippen LogP contribution in [0.1, 0.15) is 12.1 Å². The minimum Gasteiger partial charge on any atom is -0.342 e. The molecule has 4 heteroatoms. The predicted molar refractivity (Wildman–Crippen MR) is 60.7 cm³/mol. The number of aromatic nitrogens is 1. The SMILES string of the molecule is C=CC1CC(=O)N(CCc2cscn2)C1. The van der Waals surface area contributed by atoms with Crippen LogP contribution in [0.2, 0.25) is 0 Å². The molecule has 3 nitrogen and oxygen atoms in total. The van der Waals surface area contributed by atoms with E-state index in [1.165, 1.54) is 0 Å². The molecule has 0 radical (unpaired) electrons. The van der Waals surface area contributed by atoms with Crippen molar-refractivity contribution in [2.75, 3.05) is 13.1 Å². The van der Waals surface area contributed by atoms with Crippen molar-refractivity contribution < 1.29 is 4.79 Å². The molecule has 0 bridgehead atoms.